The van der Waals surface area contributed by atoms with E-state index in [1.165, 1.54) is 24.5 Å². The lowest BCUT2D eigenvalue weighted by Gasteiger charge is -2.19. The second-order valence-electron chi connectivity index (χ2n) is 9.46. The van der Waals surface area contributed by atoms with E-state index in [2.05, 4.69) is 10.00 Å². The molecule has 31 heavy (non-hydrogen) atoms. The maximum atomic E-state index is 13.0. The molecule has 0 radical (unpaired) electrons. The molecule has 2 aliphatic rings. The zero-order chi connectivity index (χ0) is 22.2. The molecular formula is C23H28FN3O4. The van der Waals surface area contributed by atoms with E-state index >= 15 is 0 Å². The molecule has 2 aromatic rings. The number of Topliss-reactive ketones (excluding diaryl/α,β-unsaturated/α-hetero) is 1. The van der Waals surface area contributed by atoms with Crippen LogP contribution in [0.2, 0.25) is 0 Å². The van der Waals surface area contributed by atoms with Gasteiger partial charge in [0.1, 0.15) is 17.2 Å². The normalized spacial score (nSPS) is 23.5. The molecule has 0 N–H and O–H groups in total. The van der Waals surface area contributed by atoms with Crippen LogP contribution in [0.5, 0.6) is 5.75 Å². The first kappa shape index (κ1) is 21.5. The number of carbonyl (C=O) groups is 2. The molecule has 0 spiro atoms. The summed E-state index contributed by atoms with van der Waals surface area (Å²) in [5.74, 6) is 1.34. The molecule has 1 aliphatic heterocycles. The summed E-state index contributed by atoms with van der Waals surface area (Å²) in [5.41, 5.74) is -0.223. The van der Waals surface area contributed by atoms with Crippen LogP contribution in [0.4, 0.5) is 9.18 Å². The number of hydrogen-bond donors (Lipinski definition) is 0. The number of rotatable bonds is 5. The monoisotopic (exact) mass is 429 g/mol. The van der Waals surface area contributed by atoms with Gasteiger partial charge in [0.05, 0.1) is 24.4 Å². The van der Waals surface area contributed by atoms with Gasteiger partial charge >= 0.3 is 6.09 Å². The summed E-state index contributed by atoms with van der Waals surface area (Å²) < 4.78 is 25.4. The van der Waals surface area contributed by atoms with Crippen molar-refractivity contribution in [3.63, 3.8) is 0 Å². The lowest BCUT2D eigenvalue weighted by atomic mass is 10.0. The van der Waals surface area contributed by atoms with Gasteiger partial charge in [-0.1, -0.05) is 0 Å². The summed E-state index contributed by atoms with van der Waals surface area (Å²) in [7, 11) is 0. The minimum Gasteiger partial charge on any atom is -0.490 e. The van der Waals surface area contributed by atoms with Crippen molar-refractivity contribution in [3.8, 4) is 5.75 Å². The van der Waals surface area contributed by atoms with Crippen molar-refractivity contribution in [2.24, 2.45) is 11.8 Å². The van der Waals surface area contributed by atoms with E-state index in [4.69, 9.17) is 9.47 Å². The van der Waals surface area contributed by atoms with Crippen LogP contribution in [-0.4, -0.2) is 57.9 Å². The maximum absolute atomic E-state index is 13.0. The first-order valence-electron chi connectivity index (χ1n) is 10.6. The van der Waals surface area contributed by atoms with Crippen LogP contribution in [0.25, 0.3) is 0 Å². The summed E-state index contributed by atoms with van der Waals surface area (Å²) in [6.07, 6.45) is 4.24. The molecular weight excluding hydrogens is 401 g/mol. The number of carbonyl (C=O) groups excluding carboxylic acids is 2. The number of benzene rings is 1. The summed E-state index contributed by atoms with van der Waals surface area (Å²) >= 11 is 0. The van der Waals surface area contributed by atoms with Crippen LogP contribution >= 0.6 is 0 Å². The Morgan fingerprint density at radius 2 is 1.77 bits per heavy atom. The second kappa shape index (κ2) is 8.42. The molecule has 7 nitrogen and oxygen atoms in total. The first-order chi connectivity index (χ1) is 14.7. The smallest absolute Gasteiger partial charge is 0.435 e. The topological polar surface area (TPSA) is 73.7 Å². The van der Waals surface area contributed by atoms with Crippen molar-refractivity contribution in [1.82, 2.24) is 14.7 Å². The Morgan fingerprint density at radius 3 is 2.39 bits per heavy atom. The molecule has 8 heteroatoms. The number of likely N-dealkylation sites (tertiary alicyclic amines) is 1. The predicted molar refractivity (Wildman–Crippen MR) is 112 cm³/mol. The summed E-state index contributed by atoms with van der Waals surface area (Å²) in [6, 6.07) is 6.13. The standard InChI is InChI=1S/C23H28FN3O4/c1-23(2,3)31-22(29)27-13-17(10-25-27)21(28)14-26-11-15-8-20(9-16(15)12-26)30-19-6-4-18(24)5-7-19/h4-7,10,13,15-16,20H,8-9,11-12,14H2,1-3H3/t15-,16?,20?/m1/s1. The summed E-state index contributed by atoms with van der Waals surface area (Å²) in [4.78, 5) is 26.9. The third-order valence-corrected chi connectivity index (χ3v) is 5.75. The average molecular weight is 429 g/mol. The number of aromatic nitrogens is 2. The third kappa shape index (κ3) is 5.31. The molecule has 1 aliphatic carbocycles. The molecule has 1 aromatic heterocycles. The van der Waals surface area contributed by atoms with Crippen molar-refractivity contribution in [2.75, 3.05) is 19.6 Å². The highest BCUT2D eigenvalue weighted by molar-refractivity contribution is 5.97. The quantitative estimate of drug-likeness (QED) is 0.674. The molecule has 2 unspecified atom stereocenters. The second-order valence-corrected chi connectivity index (χ2v) is 9.46. The molecule has 2 fully saturated rings. The number of hydrogen-bond acceptors (Lipinski definition) is 6. The largest absolute Gasteiger partial charge is 0.490 e. The van der Waals surface area contributed by atoms with Gasteiger partial charge in [0.2, 0.25) is 0 Å². The van der Waals surface area contributed by atoms with Crippen molar-refractivity contribution in [2.45, 2.75) is 45.3 Å². The van der Waals surface area contributed by atoms with Crippen LogP contribution in [0.3, 0.4) is 0 Å². The van der Waals surface area contributed by atoms with Gasteiger partial charge in [0.25, 0.3) is 0 Å². The van der Waals surface area contributed by atoms with Gasteiger partial charge < -0.3 is 9.47 Å². The Morgan fingerprint density at radius 1 is 1.13 bits per heavy atom. The number of fused-ring (bicyclic) bond motifs is 1. The maximum Gasteiger partial charge on any atom is 0.435 e. The highest BCUT2D eigenvalue weighted by Gasteiger charge is 2.42. The fraction of sp³-hybridized carbons (Fsp3) is 0.522. The van der Waals surface area contributed by atoms with E-state index in [1.54, 1.807) is 32.9 Å². The SMILES string of the molecule is CC(C)(C)OC(=O)n1cc(C(=O)CN2CC3CC(Oc4ccc(F)cc4)C[C@@H]3C2)cn1. The number of ether oxygens (including phenoxy) is 2. The van der Waals surface area contributed by atoms with E-state index < -0.39 is 11.7 Å². The first-order valence-corrected chi connectivity index (χ1v) is 10.6. The lowest BCUT2D eigenvalue weighted by molar-refractivity contribution is 0.0514. The molecule has 1 saturated carbocycles. The third-order valence-electron chi connectivity index (χ3n) is 5.75. The zero-order valence-electron chi connectivity index (χ0n) is 18.1. The number of halogens is 1. The van der Waals surface area contributed by atoms with Gasteiger partial charge in [-0.2, -0.15) is 9.78 Å². The fourth-order valence-electron chi connectivity index (χ4n) is 4.44. The van der Waals surface area contributed by atoms with Crippen molar-refractivity contribution in [3.05, 3.63) is 48.0 Å². The van der Waals surface area contributed by atoms with Gasteiger partial charge in [0.15, 0.2) is 5.78 Å². The van der Waals surface area contributed by atoms with Gasteiger partial charge in [-0.25, -0.2) is 9.18 Å². The van der Waals surface area contributed by atoms with Gasteiger partial charge in [0, 0.05) is 19.3 Å². The highest BCUT2D eigenvalue weighted by atomic mass is 19.1. The Hall–Kier alpha value is -2.74. The van der Waals surface area contributed by atoms with Crippen LogP contribution in [0.15, 0.2) is 36.7 Å². The van der Waals surface area contributed by atoms with Crippen LogP contribution in [0.1, 0.15) is 44.0 Å². The number of nitrogens with zero attached hydrogens (tertiary/aromatic N) is 3. The molecule has 166 valence electrons. The van der Waals surface area contributed by atoms with E-state index in [1.807, 2.05) is 0 Å². The molecule has 0 bridgehead atoms. The van der Waals surface area contributed by atoms with E-state index in [9.17, 15) is 14.0 Å². The van der Waals surface area contributed by atoms with Crippen molar-refractivity contribution < 1.29 is 23.5 Å². The van der Waals surface area contributed by atoms with Gasteiger partial charge in [-0.15, -0.1) is 0 Å². The lowest BCUT2D eigenvalue weighted by Crippen LogP contribution is -2.30. The van der Waals surface area contributed by atoms with E-state index in [0.717, 1.165) is 30.6 Å². The van der Waals surface area contributed by atoms with Crippen molar-refractivity contribution >= 4 is 11.9 Å². The molecule has 3 atom stereocenters. The highest BCUT2D eigenvalue weighted by Crippen LogP contribution is 2.39. The average Bonchev–Trinajstić information content (AvgIpc) is 3.37. The molecule has 4 rings (SSSR count). The molecule has 0 amide bonds. The summed E-state index contributed by atoms with van der Waals surface area (Å²) in [5, 5.41) is 3.97. The van der Waals surface area contributed by atoms with Gasteiger partial charge in [-0.05, 0) is 69.7 Å². The Balaban J connectivity index is 1.26. The molecule has 1 saturated heterocycles. The molecule has 2 heterocycles. The Kier molecular flexibility index (Phi) is 5.83. The van der Waals surface area contributed by atoms with Crippen LogP contribution in [-0.2, 0) is 4.74 Å². The Bertz CT molecular complexity index is 936. The Labute approximate surface area is 181 Å². The zero-order valence-corrected chi connectivity index (χ0v) is 18.1. The van der Waals surface area contributed by atoms with Crippen molar-refractivity contribution in [1.29, 1.82) is 0 Å². The molecule has 1 aromatic carbocycles. The minimum absolute atomic E-state index is 0.0612. The summed E-state index contributed by atoms with van der Waals surface area (Å²) in [6.45, 7) is 7.33. The fourth-order valence-corrected chi connectivity index (χ4v) is 4.44. The number of ketones is 1. The van der Waals surface area contributed by atoms with E-state index in [0.29, 0.717) is 29.7 Å². The van der Waals surface area contributed by atoms with Crippen LogP contribution < -0.4 is 4.74 Å². The minimum atomic E-state index is -0.626. The van der Waals surface area contributed by atoms with E-state index in [-0.39, 0.29) is 17.7 Å². The van der Waals surface area contributed by atoms with Crippen LogP contribution in [0, 0.1) is 17.7 Å². The predicted octanol–water partition coefficient (Wildman–Crippen LogP) is 3.78. The van der Waals surface area contributed by atoms with Gasteiger partial charge in [-0.3, -0.25) is 9.69 Å².